The van der Waals surface area contributed by atoms with Gasteiger partial charge in [-0.3, -0.25) is 4.79 Å². The molecule has 0 bridgehead atoms. The third kappa shape index (κ3) is 3.01. The average Bonchev–Trinajstić information content (AvgIpc) is 2.91. The van der Waals surface area contributed by atoms with Gasteiger partial charge < -0.3 is 15.5 Å². The van der Waals surface area contributed by atoms with Crippen molar-refractivity contribution in [1.82, 2.24) is 14.9 Å². The summed E-state index contributed by atoms with van der Waals surface area (Å²) < 4.78 is 0. The van der Waals surface area contributed by atoms with Crippen LogP contribution in [0.5, 0.6) is 0 Å². The molecule has 2 rings (SSSR count). The van der Waals surface area contributed by atoms with Crippen molar-refractivity contribution >= 4 is 29.3 Å². The maximum atomic E-state index is 11.8. The van der Waals surface area contributed by atoms with E-state index in [0.29, 0.717) is 16.8 Å². The van der Waals surface area contributed by atoms with Crippen molar-refractivity contribution in [1.29, 1.82) is 0 Å². The molecule has 1 aliphatic heterocycles. The molecule has 0 aromatic carbocycles. The fourth-order valence-electron chi connectivity index (χ4n) is 1.85. The van der Waals surface area contributed by atoms with Crippen LogP contribution < -0.4 is 10.6 Å². The lowest BCUT2D eigenvalue weighted by atomic mass is 10.4. The maximum absolute atomic E-state index is 11.8. The van der Waals surface area contributed by atoms with Crippen molar-refractivity contribution < 1.29 is 4.79 Å². The van der Waals surface area contributed by atoms with Gasteiger partial charge in [0.15, 0.2) is 5.82 Å². The van der Waals surface area contributed by atoms with Crippen molar-refractivity contribution in [3.8, 4) is 0 Å². The molecular formula is C11H16ClN5O. The second-order valence-electron chi connectivity index (χ2n) is 4.08. The van der Waals surface area contributed by atoms with Gasteiger partial charge in [-0.05, 0) is 12.8 Å². The molecule has 1 saturated heterocycles. The Morgan fingerprint density at radius 2 is 2.22 bits per heavy atom. The molecule has 0 aliphatic carbocycles. The van der Waals surface area contributed by atoms with Crippen molar-refractivity contribution in [3.63, 3.8) is 0 Å². The molecule has 0 radical (unpaired) electrons. The largest absolute Gasteiger partial charge is 0.360 e. The number of likely N-dealkylation sites (tertiary alicyclic amines) is 1. The molecule has 1 fully saturated rings. The highest BCUT2D eigenvalue weighted by Crippen LogP contribution is 2.19. The molecule has 98 valence electrons. The average molecular weight is 270 g/mol. The molecule has 7 heteroatoms. The van der Waals surface area contributed by atoms with Crippen LogP contribution in [-0.2, 0) is 4.79 Å². The molecule has 0 spiro atoms. The summed E-state index contributed by atoms with van der Waals surface area (Å²) in [4.78, 5) is 21.8. The third-order valence-electron chi connectivity index (χ3n) is 2.83. The van der Waals surface area contributed by atoms with Gasteiger partial charge in [0.1, 0.15) is 5.02 Å². The van der Waals surface area contributed by atoms with Crippen LogP contribution in [0.25, 0.3) is 0 Å². The summed E-state index contributed by atoms with van der Waals surface area (Å²) in [5, 5.41) is 6.18. The first-order valence-electron chi connectivity index (χ1n) is 5.92. The first-order valence-corrected chi connectivity index (χ1v) is 6.30. The summed E-state index contributed by atoms with van der Waals surface area (Å²) in [7, 11) is 1.72. The van der Waals surface area contributed by atoms with Gasteiger partial charge >= 0.3 is 0 Å². The molecule has 1 aliphatic rings. The molecule has 6 nitrogen and oxygen atoms in total. The Balaban J connectivity index is 1.94. The van der Waals surface area contributed by atoms with Crippen molar-refractivity contribution in [3.05, 3.63) is 11.2 Å². The topological polar surface area (TPSA) is 70.2 Å². The first kappa shape index (κ1) is 12.9. The molecule has 1 aromatic heterocycles. The number of carbonyl (C=O) groups excluding carboxylic acids is 1. The van der Waals surface area contributed by atoms with Crippen LogP contribution in [0.2, 0.25) is 5.02 Å². The van der Waals surface area contributed by atoms with Gasteiger partial charge in [0.2, 0.25) is 11.9 Å². The Morgan fingerprint density at radius 3 is 2.89 bits per heavy atom. The highest BCUT2D eigenvalue weighted by Gasteiger charge is 2.17. The molecule has 1 aromatic rings. The van der Waals surface area contributed by atoms with Crippen molar-refractivity contribution in [2.24, 2.45) is 0 Å². The number of hydrogen-bond acceptors (Lipinski definition) is 5. The summed E-state index contributed by atoms with van der Waals surface area (Å²) in [5.74, 6) is 1.02. The predicted octanol–water partition coefficient (Wildman–Crippen LogP) is 1.21. The smallest absolute Gasteiger partial charge is 0.241 e. The second kappa shape index (κ2) is 5.86. The minimum atomic E-state index is 0.0770. The number of halogens is 1. The molecule has 2 heterocycles. The van der Waals surface area contributed by atoms with Gasteiger partial charge in [-0.25, -0.2) is 4.98 Å². The van der Waals surface area contributed by atoms with E-state index < -0.39 is 0 Å². The minimum Gasteiger partial charge on any atom is -0.360 e. The van der Waals surface area contributed by atoms with E-state index in [1.165, 1.54) is 6.20 Å². The minimum absolute atomic E-state index is 0.0770. The van der Waals surface area contributed by atoms with E-state index in [0.717, 1.165) is 25.9 Å². The lowest BCUT2D eigenvalue weighted by Crippen LogP contribution is -2.33. The number of nitrogens with zero attached hydrogens (tertiary/aromatic N) is 3. The van der Waals surface area contributed by atoms with Gasteiger partial charge in [-0.2, -0.15) is 4.98 Å². The van der Waals surface area contributed by atoms with E-state index in [-0.39, 0.29) is 12.5 Å². The van der Waals surface area contributed by atoms with Gasteiger partial charge in [-0.1, -0.05) is 11.6 Å². The molecule has 1 amide bonds. The fraction of sp³-hybridized carbons (Fsp3) is 0.545. The number of aromatic nitrogens is 2. The normalized spacial score (nSPS) is 14.7. The number of amides is 1. The summed E-state index contributed by atoms with van der Waals surface area (Å²) >= 11 is 5.96. The third-order valence-corrected chi connectivity index (χ3v) is 3.11. The molecule has 0 unspecified atom stereocenters. The van der Waals surface area contributed by atoms with Crippen LogP contribution in [0.15, 0.2) is 6.20 Å². The van der Waals surface area contributed by atoms with Crippen LogP contribution in [-0.4, -0.2) is 47.5 Å². The van der Waals surface area contributed by atoms with E-state index in [1.807, 2.05) is 4.90 Å². The van der Waals surface area contributed by atoms with Crippen LogP contribution >= 0.6 is 11.6 Å². The SMILES string of the molecule is CNc1ncc(Cl)c(NCC(=O)N2CCCC2)n1. The zero-order chi connectivity index (χ0) is 13.0. The van der Waals surface area contributed by atoms with Gasteiger partial charge in [0.25, 0.3) is 0 Å². The molecule has 2 N–H and O–H groups in total. The molecule has 0 saturated carbocycles. The van der Waals surface area contributed by atoms with E-state index in [9.17, 15) is 4.79 Å². The lowest BCUT2D eigenvalue weighted by Gasteiger charge is -2.16. The highest BCUT2D eigenvalue weighted by molar-refractivity contribution is 6.32. The number of hydrogen-bond donors (Lipinski definition) is 2. The molecular weight excluding hydrogens is 254 g/mol. The fourth-order valence-corrected chi connectivity index (χ4v) is 2.01. The molecule has 0 atom stereocenters. The Hall–Kier alpha value is -1.56. The summed E-state index contributed by atoms with van der Waals surface area (Å²) in [6.45, 7) is 1.90. The monoisotopic (exact) mass is 269 g/mol. The second-order valence-corrected chi connectivity index (χ2v) is 4.49. The van der Waals surface area contributed by atoms with E-state index >= 15 is 0 Å². The lowest BCUT2D eigenvalue weighted by molar-refractivity contribution is -0.128. The van der Waals surface area contributed by atoms with Gasteiger partial charge in [0, 0.05) is 20.1 Å². The Labute approximate surface area is 111 Å². The van der Waals surface area contributed by atoms with E-state index in [2.05, 4.69) is 20.6 Å². The number of anilines is 2. The van der Waals surface area contributed by atoms with E-state index in [1.54, 1.807) is 7.05 Å². The summed E-state index contributed by atoms with van der Waals surface area (Å²) in [6, 6.07) is 0. The van der Waals surface area contributed by atoms with Gasteiger partial charge in [-0.15, -0.1) is 0 Å². The zero-order valence-electron chi connectivity index (χ0n) is 10.2. The predicted molar refractivity (Wildman–Crippen MR) is 70.9 cm³/mol. The Bertz CT molecular complexity index is 433. The van der Waals surface area contributed by atoms with Crippen LogP contribution in [0.4, 0.5) is 11.8 Å². The Morgan fingerprint density at radius 1 is 1.50 bits per heavy atom. The Kier molecular flexibility index (Phi) is 4.19. The zero-order valence-corrected chi connectivity index (χ0v) is 11.0. The standard InChI is InChI=1S/C11H16ClN5O/c1-13-11-15-6-8(12)10(16-11)14-7-9(18)17-4-2-3-5-17/h6H,2-5,7H2,1H3,(H2,13,14,15,16). The van der Waals surface area contributed by atoms with Crippen molar-refractivity contribution in [2.45, 2.75) is 12.8 Å². The number of nitrogens with one attached hydrogen (secondary N) is 2. The van der Waals surface area contributed by atoms with Crippen LogP contribution in [0.1, 0.15) is 12.8 Å². The molecule has 18 heavy (non-hydrogen) atoms. The highest BCUT2D eigenvalue weighted by atomic mass is 35.5. The van der Waals surface area contributed by atoms with Crippen LogP contribution in [0, 0.1) is 0 Å². The quantitative estimate of drug-likeness (QED) is 0.860. The number of rotatable bonds is 4. The van der Waals surface area contributed by atoms with Crippen molar-refractivity contribution in [2.75, 3.05) is 37.3 Å². The first-order chi connectivity index (χ1) is 8.70. The van der Waals surface area contributed by atoms with Gasteiger partial charge in [0.05, 0.1) is 12.7 Å². The summed E-state index contributed by atoms with van der Waals surface area (Å²) in [5.41, 5.74) is 0. The summed E-state index contributed by atoms with van der Waals surface area (Å²) in [6.07, 6.45) is 3.68. The van der Waals surface area contributed by atoms with E-state index in [4.69, 9.17) is 11.6 Å². The van der Waals surface area contributed by atoms with Crippen LogP contribution in [0.3, 0.4) is 0 Å². The number of carbonyl (C=O) groups is 1. The maximum Gasteiger partial charge on any atom is 0.241 e.